The van der Waals surface area contributed by atoms with Gasteiger partial charge in [-0.3, -0.25) is 9.78 Å². The number of nitrogens with one attached hydrogen (secondary N) is 1. The van der Waals surface area contributed by atoms with Gasteiger partial charge in [-0.1, -0.05) is 0 Å². The fourth-order valence-corrected chi connectivity index (χ4v) is 1.27. The molecule has 7 heteroatoms. The predicted octanol–water partition coefficient (Wildman–Crippen LogP) is 2.34. The molecule has 0 aliphatic rings. The number of aldehydes is 1. The third kappa shape index (κ3) is 9.34. The minimum atomic E-state index is -0.620. The minimum absolute atomic E-state index is 0.311. The highest BCUT2D eigenvalue weighted by atomic mass is 16.5. The Hall–Kier alpha value is -2.70. The van der Waals surface area contributed by atoms with Crippen LogP contribution in [0.3, 0.4) is 0 Å². The summed E-state index contributed by atoms with van der Waals surface area (Å²) in [5.41, 5.74) is 1.36. The van der Waals surface area contributed by atoms with Crippen LogP contribution in [0.5, 0.6) is 0 Å². The van der Waals surface area contributed by atoms with E-state index in [0.717, 1.165) is 5.69 Å². The van der Waals surface area contributed by atoms with E-state index in [1.165, 1.54) is 6.92 Å². The van der Waals surface area contributed by atoms with Crippen molar-refractivity contribution in [2.75, 3.05) is 18.5 Å². The fraction of sp³-hybridized carbons (Fsp3) is 0.412. The van der Waals surface area contributed by atoms with Crippen LogP contribution in [0.1, 0.15) is 27.7 Å². The summed E-state index contributed by atoms with van der Waals surface area (Å²) in [5, 5.41) is 2.96. The second-order valence-electron chi connectivity index (χ2n) is 4.61. The maximum atomic E-state index is 11.2. The number of rotatable bonds is 7. The van der Waals surface area contributed by atoms with Gasteiger partial charge in [0.05, 0.1) is 30.7 Å². The Bertz CT molecular complexity index is 543. The van der Waals surface area contributed by atoms with Crippen LogP contribution in [0.2, 0.25) is 0 Å². The smallest absolute Gasteiger partial charge is 0.335 e. The van der Waals surface area contributed by atoms with Crippen LogP contribution in [0.15, 0.2) is 36.3 Å². The zero-order chi connectivity index (χ0) is 18.4. The lowest BCUT2D eigenvalue weighted by molar-refractivity contribution is -0.148. The van der Waals surface area contributed by atoms with Crippen molar-refractivity contribution in [3.63, 3.8) is 0 Å². The minimum Gasteiger partial charge on any atom is -0.465 e. The Balaban J connectivity index is 0.000000506. The summed E-state index contributed by atoms with van der Waals surface area (Å²) in [6.45, 7) is 7.40. The van der Waals surface area contributed by atoms with Gasteiger partial charge in [-0.05, 0) is 39.8 Å². The summed E-state index contributed by atoms with van der Waals surface area (Å²) in [6, 6.07) is 3.68. The standard InChI is InChI=1S/C11H14N2O2.C6H10O3/c1-3-15-11(14)9(2)7-13-10-5-4-6-12-8-10;1-3-9-6(8)5(2)4-7/h4-8,13H,3H2,1-2H3;4-5H,3H2,1-2H3/b9-7+;. The van der Waals surface area contributed by atoms with Crippen LogP contribution in [0.25, 0.3) is 0 Å². The number of aromatic nitrogens is 1. The van der Waals surface area contributed by atoms with Gasteiger partial charge in [0.1, 0.15) is 12.2 Å². The van der Waals surface area contributed by atoms with Gasteiger partial charge in [-0.15, -0.1) is 0 Å². The van der Waals surface area contributed by atoms with Gasteiger partial charge < -0.3 is 19.6 Å². The third-order valence-corrected chi connectivity index (χ3v) is 2.58. The lowest BCUT2D eigenvalue weighted by Gasteiger charge is -2.03. The van der Waals surface area contributed by atoms with E-state index in [9.17, 15) is 14.4 Å². The molecular formula is C17H24N2O5. The molecule has 0 bridgehead atoms. The average molecular weight is 336 g/mol. The van der Waals surface area contributed by atoms with Crippen LogP contribution in [-0.4, -0.2) is 36.4 Å². The molecule has 1 rings (SSSR count). The molecule has 0 amide bonds. The van der Waals surface area contributed by atoms with Crippen LogP contribution in [0.4, 0.5) is 5.69 Å². The number of nitrogens with zero attached hydrogens (tertiary/aromatic N) is 1. The summed E-state index contributed by atoms with van der Waals surface area (Å²) in [6.07, 6.45) is 5.54. The predicted molar refractivity (Wildman–Crippen MR) is 90.1 cm³/mol. The molecule has 0 saturated heterocycles. The number of carbonyl (C=O) groups is 3. The molecule has 1 atom stereocenters. The highest BCUT2D eigenvalue weighted by molar-refractivity contribution is 5.88. The average Bonchev–Trinajstić information content (AvgIpc) is 2.60. The van der Waals surface area contributed by atoms with E-state index in [0.29, 0.717) is 25.1 Å². The molecule has 7 nitrogen and oxygen atoms in total. The van der Waals surface area contributed by atoms with E-state index in [1.54, 1.807) is 39.4 Å². The van der Waals surface area contributed by atoms with E-state index in [-0.39, 0.29) is 5.97 Å². The molecule has 24 heavy (non-hydrogen) atoms. The highest BCUT2D eigenvalue weighted by Gasteiger charge is 2.10. The Morgan fingerprint density at radius 1 is 1.29 bits per heavy atom. The highest BCUT2D eigenvalue weighted by Crippen LogP contribution is 2.04. The lowest BCUT2D eigenvalue weighted by atomic mass is 10.2. The molecule has 0 aliphatic heterocycles. The summed E-state index contributed by atoms with van der Waals surface area (Å²) >= 11 is 0. The second-order valence-corrected chi connectivity index (χ2v) is 4.61. The van der Waals surface area contributed by atoms with Crippen LogP contribution in [-0.2, 0) is 23.9 Å². The maximum Gasteiger partial charge on any atom is 0.335 e. The van der Waals surface area contributed by atoms with Gasteiger partial charge in [0.2, 0.25) is 0 Å². The Morgan fingerprint density at radius 2 is 1.96 bits per heavy atom. The molecule has 0 saturated carbocycles. The van der Waals surface area contributed by atoms with Crippen LogP contribution < -0.4 is 5.32 Å². The Kier molecular flexibility index (Phi) is 11.4. The van der Waals surface area contributed by atoms with Gasteiger partial charge in [0, 0.05) is 12.4 Å². The largest absolute Gasteiger partial charge is 0.465 e. The second kappa shape index (κ2) is 12.8. The molecular weight excluding hydrogens is 312 g/mol. The topological polar surface area (TPSA) is 94.6 Å². The Labute approximate surface area is 142 Å². The van der Waals surface area contributed by atoms with Crippen LogP contribution in [0, 0.1) is 5.92 Å². The van der Waals surface area contributed by atoms with Crippen molar-refractivity contribution in [2.24, 2.45) is 5.92 Å². The van der Waals surface area contributed by atoms with Crippen molar-refractivity contribution >= 4 is 23.9 Å². The quantitative estimate of drug-likeness (QED) is 0.353. The fourth-order valence-electron chi connectivity index (χ4n) is 1.27. The number of hydrogen-bond donors (Lipinski definition) is 1. The zero-order valence-electron chi connectivity index (χ0n) is 14.4. The summed E-state index contributed by atoms with van der Waals surface area (Å²) < 4.78 is 9.35. The summed E-state index contributed by atoms with van der Waals surface area (Å²) in [4.78, 5) is 35.6. The van der Waals surface area contributed by atoms with Gasteiger partial charge in [0.25, 0.3) is 0 Å². The van der Waals surface area contributed by atoms with Gasteiger partial charge in [-0.25, -0.2) is 4.79 Å². The van der Waals surface area contributed by atoms with Crippen LogP contribution >= 0.6 is 0 Å². The number of esters is 2. The molecule has 1 unspecified atom stereocenters. The molecule has 0 spiro atoms. The zero-order valence-corrected chi connectivity index (χ0v) is 14.4. The molecule has 0 fully saturated rings. The molecule has 1 aromatic heterocycles. The van der Waals surface area contributed by atoms with E-state index < -0.39 is 11.9 Å². The molecule has 1 heterocycles. The monoisotopic (exact) mass is 336 g/mol. The normalized spacial score (nSPS) is 11.4. The molecule has 132 valence electrons. The van der Waals surface area contributed by atoms with Gasteiger partial charge in [-0.2, -0.15) is 0 Å². The first-order chi connectivity index (χ1) is 11.5. The van der Waals surface area contributed by atoms with Crippen molar-refractivity contribution in [3.8, 4) is 0 Å². The SMILES string of the molecule is CCOC(=O)/C(C)=C/Nc1cccnc1.CCOC(=O)C(C)C=O. The third-order valence-electron chi connectivity index (χ3n) is 2.58. The molecule has 0 aromatic carbocycles. The molecule has 1 aromatic rings. The first-order valence-corrected chi connectivity index (χ1v) is 7.58. The molecule has 0 radical (unpaired) electrons. The number of carbonyl (C=O) groups excluding carboxylic acids is 3. The first kappa shape index (κ1) is 21.3. The van der Waals surface area contributed by atoms with E-state index in [1.807, 2.05) is 12.1 Å². The van der Waals surface area contributed by atoms with Crippen molar-refractivity contribution in [2.45, 2.75) is 27.7 Å². The summed E-state index contributed by atoms with van der Waals surface area (Å²) in [5.74, 6) is -1.38. The van der Waals surface area contributed by atoms with Gasteiger partial charge in [0.15, 0.2) is 0 Å². The number of anilines is 1. The number of pyridine rings is 1. The number of ether oxygens (including phenoxy) is 2. The van der Waals surface area contributed by atoms with E-state index in [4.69, 9.17) is 4.74 Å². The van der Waals surface area contributed by atoms with Crippen molar-refractivity contribution in [1.82, 2.24) is 4.98 Å². The lowest BCUT2D eigenvalue weighted by Crippen LogP contribution is -2.15. The summed E-state index contributed by atoms with van der Waals surface area (Å²) in [7, 11) is 0. The van der Waals surface area contributed by atoms with Crippen molar-refractivity contribution < 1.29 is 23.9 Å². The van der Waals surface area contributed by atoms with Crippen molar-refractivity contribution in [3.05, 3.63) is 36.3 Å². The van der Waals surface area contributed by atoms with E-state index >= 15 is 0 Å². The Morgan fingerprint density at radius 3 is 2.46 bits per heavy atom. The molecule has 1 N–H and O–H groups in total. The molecule has 0 aliphatic carbocycles. The van der Waals surface area contributed by atoms with Crippen molar-refractivity contribution in [1.29, 1.82) is 0 Å². The number of hydrogen-bond acceptors (Lipinski definition) is 7. The first-order valence-electron chi connectivity index (χ1n) is 7.58. The maximum absolute atomic E-state index is 11.2. The van der Waals surface area contributed by atoms with E-state index in [2.05, 4.69) is 15.0 Å². The van der Waals surface area contributed by atoms with Gasteiger partial charge >= 0.3 is 11.9 Å².